The number of anilines is 1. The molecule has 33 heavy (non-hydrogen) atoms. The summed E-state index contributed by atoms with van der Waals surface area (Å²) in [6.07, 6.45) is 1.50. The smallest absolute Gasteiger partial charge is 0.280 e. The topological polar surface area (TPSA) is 96.3 Å². The third-order valence-electron chi connectivity index (χ3n) is 5.14. The summed E-state index contributed by atoms with van der Waals surface area (Å²) in [5, 5.41) is 3.07. The number of aromatic amines is 1. The normalized spacial score (nSPS) is 11.7. The van der Waals surface area contributed by atoms with Crippen LogP contribution in [0.5, 0.6) is 0 Å². The second-order valence-electron chi connectivity index (χ2n) is 7.86. The van der Waals surface area contributed by atoms with Crippen molar-refractivity contribution in [2.75, 3.05) is 4.72 Å². The Morgan fingerprint density at radius 1 is 0.909 bits per heavy atom. The summed E-state index contributed by atoms with van der Waals surface area (Å²) < 4.78 is 29.4. The quantitative estimate of drug-likeness (QED) is 0.410. The summed E-state index contributed by atoms with van der Waals surface area (Å²) in [6.45, 7) is 5.67. The largest absolute Gasteiger partial charge is 0.295 e. The first-order chi connectivity index (χ1) is 15.7. The maximum Gasteiger partial charge on any atom is 0.280 e. The molecule has 168 valence electrons. The van der Waals surface area contributed by atoms with E-state index in [0.717, 1.165) is 16.8 Å². The van der Waals surface area contributed by atoms with Crippen molar-refractivity contribution in [1.29, 1.82) is 0 Å². The van der Waals surface area contributed by atoms with E-state index < -0.39 is 10.0 Å². The number of nitrogens with one attached hydrogen (secondary N) is 2. The van der Waals surface area contributed by atoms with E-state index in [1.807, 2.05) is 51.1 Å². The van der Waals surface area contributed by atoms with Crippen molar-refractivity contribution in [2.45, 2.75) is 25.7 Å². The van der Waals surface area contributed by atoms with E-state index in [1.165, 1.54) is 23.0 Å². The van der Waals surface area contributed by atoms with Crippen molar-refractivity contribution in [2.24, 2.45) is 4.99 Å². The van der Waals surface area contributed by atoms with Crippen LogP contribution in [0.3, 0.4) is 0 Å². The van der Waals surface area contributed by atoms with Gasteiger partial charge in [-0.1, -0.05) is 24.3 Å². The first-order valence-corrected chi connectivity index (χ1v) is 11.8. The number of rotatable bonds is 6. The van der Waals surface area contributed by atoms with Crippen molar-refractivity contribution in [3.05, 3.63) is 106 Å². The standard InChI is InChI=1S/C25H24N4O3S/c1-17-6-4-8-21(14-17)28-33(31,32)23-12-10-20(11-13-23)26-16-24-19(3)27-29(25(24)30)22-9-5-7-18(2)15-22/h4-16,27-28H,1-3H3. The fraction of sp³-hybridized carbons (Fsp3) is 0.120. The van der Waals surface area contributed by atoms with Crippen LogP contribution >= 0.6 is 0 Å². The molecule has 1 heterocycles. The van der Waals surface area contributed by atoms with Crippen LogP contribution in [0, 0.1) is 20.8 Å². The molecule has 0 spiro atoms. The van der Waals surface area contributed by atoms with Gasteiger partial charge in [0.25, 0.3) is 15.6 Å². The highest BCUT2D eigenvalue weighted by molar-refractivity contribution is 7.92. The molecule has 0 saturated carbocycles. The number of H-pyrrole nitrogens is 1. The van der Waals surface area contributed by atoms with Gasteiger partial charge in [-0.2, -0.15) is 0 Å². The SMILES string of the molecule is Cc1cccc(NS(=O)(=O)c2ccc(N=Cc3c(C)[nH]n(-c4cccc(C)c4)c3=O)cc2)c1. The van der Waals surface area contributed by atoms with Gasteiger partial charge in [-0.15, -0.1) is 0 Å². The molecule has 0 bridgehead atoms. The van der Waals surface area contributed by atoms with Crippen LogP contribution in [0.15, 0.2) is 87.5 Å². The maximum absolute atomic E-state index is 12.9. The molecule has 7 nitrogen and oxygen atoms in total. The van der Waals surface area contributed by atoms with Crippen molar-refractivity contribution in [3.8, 4) is 5.69 Å². The number of aliphatic imine (C=N–C) groups is 1. The van der Waals surface area contributed by atoms with Gasteiger partial charge in [-0.05, 0) is 80.4 Å². The summed E-state index contributed by atoms with van der Waals surface area (Å²) >= 11 is 0. The molecule has 8 heteroatoms. The first-order valence-electron chi connectivity index (χ1n) is 10.4. The van der Waals surface area contributed by atoms with Crippen LogP contribution in [0.1, 0.15) is 22.4 Å². The van der Waals surface area contributed by atoms with Crippen molar-refractivity contribution in [3.63, 3.8) is 0 Å². The lowest BCUT2D eigenvalue weighted by Gasteiger charge is -2.08. The lowest BCUT2D eigenvalue weighted by Crippen LogP contribution is -2.17. The van der Waals surface area contributed by atoms with E-state index in [9.17, 15) is 13.2 Å². The second-order valence-corrected chi connectivity index (χ2v) is 9.54. The van der Waals surface area contributed by atoms with E-state index in [-0.39, 0.29) is 10.5 Å². The maximum atomic E-state index is 12.9. The third kappa shape index (κ3) is 4.96. The van der Waals surface area contributed by atoms with Crippen LogP contribution in [-0.4, -0.2) is 24.4 Å². The zero-order valence-corrected chi connectivity index (χ0v) is 19.3. The van der Waals surface area contributed by atoms with Gasteiger partial charge in [0, 0.05) is 17.6 Å². The molecule has 2 N–H and O–H groups in total. The second kappa shape index (κ2) is 8.91. The molecule has 0 amide bonds. The Morgan fingerprint density at radius 3 is 2.24 bits per heavy atom. The highest BCUT2D eigenvalue weighted by atomic mass is 32.2. The minimum absolute atomic E-state index is 0.127. The lowest BCUT2D eigenvalue weighted by atomic mass is 10.2. The molecule has 0 aliphatic heterocycles. The Kier molecular flexibility index (Phi) is 6.02. The van der Waals surface area contributed by atoms with Gasteiger partial charge >= 0.3 is 0 Å². The minimum Gasteiger partial charge on any atom is -0.295 e. The van der Waals surface area contributed by atoms with Crippen LogP contribution in [0.2, 0.25) is 0 Å². The van der Waals surface area contributed by atoms with E-state index in [0.29, 0.717) is 22.6 Å². The Labute approximate surface area is 192 Å². The van der Waals surface area contributed by atoms with Crippen molar-refractivity contribution in [1.82, 2.24) is 9.78 Å². The van der Waals surface area contributed by atoms with Crippen LogP contribution < -0.4 is 10.3 Å². The number of aromatic nitrogens is 2. The van der Waals surface area contributed by atoms with Crippen molar-refractivity contribution < 1.29 is 8.42 Å². The van der Waals surface area contributed by atoms with Gasteiger partial charge in [-0.25, -0.2) is 13.1 Å². The van der Waals surface area contributed by atoms with E-state index in [1.54, 1.807) is 30.3 Å². The molecule has 1 aromatic heterocycles. The fourth-order valence-electron chi connectivity index (χ4n) is 3.43. The van der Waals surface area contributed by atoms with E-state index in [4.69, 9.17) is 0 Å². The Morgan fingerprint density at radius 2 is 1.58 bits per heavy atom. The summed E-state index contributed by atoms with van der Waals surface area (Å²) in [5.41, 5.74) is 4.72. The molecular formula is C25H24N4O3S. The first kappa shape index (κ1) is 22.3. The van der Waals surface area contributed by atoms with Gasteiger partial charge < -0.3 is 0 Å². The molecule has 0 fully saturated rings. The van der Waals surface area contributed by atoms with Gasteiger partial charge in [0.15, 0.2) is 0 Å². The summed E-state index contributed by atoms with van der Waals surface area (Å²) in [4.78, 5) is 17.4. The Hall–Kier alpha value is -3.91. The average molecular weight is 461 g/mol. The van der Waals surface area contributed by atoms with Crippen LogP contribution in [0.25, 0.3) is 5.69 Å². The Bertz CT molecular complexity index is 1500. The minimum atomic E-state index is -3.72. The molecule has 3 aromatic carbocycles. The molecule has 0 radical (unpaired) electrons. The molecule has 4 rings (SSSR count). The van der Waals surface area contributed by atoms with Gasteiger partial charge in [-0.3, -0.25) is 19.6 Å². The zero-order valence-electron chi connectivity index (χ0n) is 18.5. The van der Waals surface area contributed by atoms with Crippen LogP contribution in [0.4, 0.5) is 11.4 Å². The highest BCUT2D eigenvalue weighted by Crippen LogP contribution is 2.20. The van der Waals surface area contributed by atoms with Crippen LogP contribution in [-0.2, 0) is 10.0 Å². The lowest BCUT2D eigenvalue weighted by molar-refractivity contribution is 0.601. The van der Waals surface area contributed by atoms with E-state index in [2.05, 4.69) is 14.8 Å². The molecule has 0 atom stereocenters. The van der Waals surface area contributed by atoms with E-state index >= 15 is 0 Å². The highest BCUT2D eigenvalue weighted by Gasteiger charge is 2.14. The third-order valence-corrected chi connectivity index (χ3v) is 6.53. The predicted molar refractivity (Wildman–Crippen MR) is 132 cm³/mol. The fourth-order valence-corrected chi connectivity index (χ4v) is 4.48. The number of benzene rings is 3. The summed E-state index contributed by atoms with van der Waals surface area (Å²) in [5.74, 6) is 0. The monoisotopic (exact) mass is 460 g/mol. The van der Waals surface area contributed by atoms with Crippen molar-refractivity contribution >= 4 is 27.6 Å². The summed E-state index contributed by atoms with van der Waals surface area (Å²) in [7, 11) is -3.72. The molecule has 4 aromatic rings. The molecule has 0 aliphatic carbocycles. The average Bonchev–Trinajstić information content (AvgIpc) is 3.05. The number of hydrogen-bond donors (Lipinski definition) is 2. The molecule has 0 unspecified atom stereocenters. The molecule has 0 aliphatic rings. The molecular weight excluding hydrogens is 436 g/mol. The Balaban J connectivity index is 1.55. The van der Waals surface area contributed by atoms with Gasteiger partial charge in [0.05, 0.1) is 21.8 Å². The zero-order chi connectivity index (χ0) is 23.6. The number of hydrogen-bond acceptors (Lipinski definition) is 4. The predicted octanol–water partition coefficient (Wildman–Crippen LogP) is 4.64. The van der Waals surface area contributed by atoms with Gasteiger partial charge in [0.2, 0.25) is 0 Å². The van der Waals surface area contributed by atoms with Gasteiger partial charge in [0.1, 0.15) is 0 Å². The number of sulfonamides is 1. The number of aryl methyl sites for hydroxylation is 3. The number of nitrogens with zero attached hydrogens (tertiary/aromatic N) is 2. The molecule has 0 saturated heterocycles. The summed E-state index contributed by atoms with van der Waals surface area (Å²) in [6, 6.07) is 21.0.